The molecule has 34 heavy (non-hydrogen) atoms. The Morgan fingerprint density at radius 1 is 0.412 bits per heavy atom. The average Bonchev–Trinajstić information content (AvgIpc) is 3.25. The van der Waals surface area contributed by atoms with Gasteiger partial charge in [-0.05, 0) is 35.4 Å². The van der Waals surface area contributed by atoms with Crippen molar-refractivity contribution in [2.24, 2.45) is 0 Å². The van der Waals surface area contributed by atoms with E-state index in [1.807, 2.05) is 12.1 Å². The van der Waals surface area contributed by atoms with Gasteiger partial charge in [0, 0.05) is 29.5 Å². The normalized spacial score (nSPS) is 10.7. The first-order valence-corrected chi connectivity index (χ1v) is 11.7. The maximum Gasteiger partial charge on any atom is 0.0541 e. The largest absolute Gasteiger partial charge is 0.309 e. The van der Waals surface area contributed by atoms with Crippen LogP contribution in [0.25, 0.3) is 27.5 Å². The number of benzene rings is 5. The van der Waals surface area contributed by atoms with Gasteiger partial charge in [-0.25, -0.2) is 0 Å². The zero-order valence-corrected chi connectivity index (χ0v) is 19.1. The van der Waals surface area contributed by atoms with Crippen molar-refractivity contribution in [1.82, 2.24) is 9.88 Å². The second-order valence-corrected chi connectivity index (χ2v) is 8.28. The molecule has 0 amide bonds. The molecule has 166 valence electrons. The molecule has 5 aromatic carbocycles. The predicted octanol–water partition coefficient (Wildman–Crippen LogP) is 7.76. The van der Waals surface area contributed by atoms with Crippen LogP contribution in [0.3, 0.4) is 0 Å². The molecule has 1 N–H and O–H groups in total. The van der Waals surface area contributed by atoms with E-state index in [4.69, 9.17) is 0 Å². The van der Waals surface area contributed by atoms with Crippen LogP contribution in [0.5, 0.6) is 0 Å². The summed E-state index contributed by atoms with van der Waals surface area (Å²) in [5.41, 5.74) is 6.38. The fraction of sp³-hybridized carbons (Fsp3) is 0.0625. The van der Waals surface area contributed by atoms with E-state index in [1.165, 1.54) is 38.6 Å². The highest BCUT2D eigenvalue weighted by Gasteiger charge is 2.10. The van der Waals surface area contributed by atoms with Crippen molar-refractivity contribution in [1.29, 1.82) is 0 Å². The van der Waals surface area contributed by atoms with Crippen molar-refractivity contribution in [2.75, 3.05) is 0 Å². The lowest BCUT2D eigenvalue weighted by atomic mass is 10.2. The number of fused-ring (bicyclic) bond motifs is 3. The van der Waals surface area contributed by atoms with Gasteiger partial charge < -0.3 is 9.88 Å². The predicted molar refractivity (Wildman–Crippen MR) is 144 cm³/mol. The minimum Gasteiger partial charge on any atom is -0.309 e. The number of para-hydroxylation sites is 3. The van der Waals surface area contributed by atoms with Gasteiger partial charge in [0.1, 0.15) is 0 Å². The van der Waals surface area contributed by atoms with Crippen LogP contribution in [-0.4, -0.2) is 4.57 Å². The summed E-state index contributed by atoms with van der Waals surface area (Å²) in [6.45, 7) is 1.85. The van der Waals surface area contributed by atoms with E-state index in [0.29, 0.717) is 0 Å². The van der Waals surface area contributed by atoms with Crippen molar-refractivity contribution in [3.05, 3.63) is 151 Å². The number of rotatable bonds is 5. The molecule has 0 radical (unpaired) electrons. The molecule has 0 saturated carbocycles. The van der Waals surface area contributed by atoms with E-state index < -0.39 is 0 Å². The molecular weight excluding hydrogens is 412 g/mol. The van der Waals surface area contributed by atoms with E-state index in [1.54, 1.807) is 0 Å². The van der Waals surface area contributed by atoms with Crippen LogP contribution in [0.15, 0.2) is 140 Å². The van der Waals surface area contributed by atoms with Gasteiger partial charge in [-0.2, -0.15) is 0 Å². The zero-order chi connectivity index (χ0) is 23.0. The fourth-order valence-corrected chi connectivity index (χ4v) is 4.32. The molecule has 0 aliphatic rings. The van der Waals surface area contributed by atoms with E-state index in [9.17, 15) is 0 Å². The lowest BCUT2D eigenvalue weighted by Crippen LogP contribution is -2.12. The standard InChI is InChI=1S/C18H13N.C14H15N/c1-2-8-14(9-3-1)19-17-12-6-4-10-15(17)16-11-5-7-13-18(16)19;1-3-7-13(8-4-1)11-15-12-14-9-5-2-6-10-14/h1-13H;1-10,15H,11-12H2. The second kappa shape index (κ2) is 10.7. The van der Waals surface area contributed by atoms with Crippen LogP contribution < -0.4 is 5.32 Å². The molecule has 0 unspecified atom stereocenters. The summed E-state index contributed by atoms with van der Waals surface area (Å²) in [6, 6.07) is 48.6. The maximum absolute atomic E-state index is 3.42. The SMILES string of the molecule is c1ccc(-n2c3ccccc3c3ccccc32)cc1.c1ccc(CNCc2ccccc2)cc1. The zero-order valence-electron chi connectivity index (χ0n) is 19.1. The smallest absolute Gasteiger partial charge is 0.0541 e. The molecular formula is C32H28N2. The Bertz CT molecular complexity index is 1360. The second-order valence-electron chi connectivity index (χ2n) is 8.28. The summed E-state index contributed by atoms with van der Waals surface area (Å²) >= 11 is 0. The summed E-state index contributed by atoms with van der Waals surface area (Å²) in [6.07, 6.45) is 0. The molecule has 1 heterocycles. The van der Waals surface area contributed by atoms with Crippen LogP contribution >= 0.6 is 0 Å². The molecule has 6 aromatic rings. The van der Waals surface area contributed by atoms with Gasteiger partial charge in [-0.3, -0.25) is 0 Å². The summed E-state index contributed by atoms with van der Waals surface area (Å²) in [5.74, 6) is 0. The summed E-state index contributed by atoms with van der Waals surface area (Å²) in [7, 11) is 0. The van der Waals surface area contributed by atoms with Gasteiger partial charge in [0.15, 0.2) is 0 Å². The third kappa shape index (κ3) is 4.93. The Labute approximate surface area is 201 Å². The van der Waals surface area contributed by atoms with Crippen LogP contribution in [-0.2, 0) is 13.1 Å². The van der Waals surface area contributed by atoms with Crippen LogP contribution in [0, 0.1) is 0 Å². The number of nitrogens with zero attached hydrogens (tertiary/aromatic N) is 1. The summed E-state index contributed by atoms with van der Waals surface area (Å²) < 4.78 is 2.32. The molecule has 0 spiro atoms. The number of hydrogen-bond donors (Lipinski definition) is 1. The minimum absolute atomic E-state index is 0.926. The highest BCUT2D eigenvalue weighted by atomic mass is 15.0. The first-order valence-electron chi connectivity index (χ1n) is 11.7. The molecule has 2 nitrogen and oxygen atoms in total. The lowest BCUT2D eigenvalue weighted by molar-refractivity contribution is 0.693. The Kier molecular flexibility index (Phi) is 6.80. The number of hydrogen-bond acceptors (Lipinski definition) is 1. The minimum atomic E-state index is 0.926. The summed E-state index contributed by atoms with van der Waals surface area (Å²) in [5, 5.41) is 6.03. The van der Waals surface area contributed by atoms with Gasteiger partial charge in [-0.1, -0.05) is 115 Å². The fourth-order valence-electron chi connectivity index (χ4n) is 4.32. The third-order valence-electron chi connectivity index (χ3n) is 5.94. The first-order chi connectivity index (χ1) is 16.9. The first kappa shape index (κ1) is 21.7. The van der Waals surface area contributed by atoms with E-state index in [0.717, 1.165) is 13.1 Å². The molecule has 2 heteroatoms. The van der Waals surface area contributed by atoms with E-state index in [2.05, 4.69) is 137 Å². The molecule has 1 aromatic heterocycles. The average molecular weight is 441 g/mol. The Balaban J connectivity index is 0.000000146. The van der Waals surface area contributed by atoms with Crippen LogP contribution in [0.4, 0.5) is 0 Å². The van der Waals surface area contributed by atoms with Crippen molar-refractivity contribution in [3.8, 4) is 5.69 Å². The Morgan fingerprint density at radius 2 is 0.794 bits per heavy atom. The van der Waals surface area contributed by atoms with Gasteiger partial charge in [0.25, 0.3) is 0 Å². The highest BCUT2D eigenvalue weighted by molar-refractivity contribution is 6.09. The molecule has 0 aliphatic carbocycles. The highest BCUT2D eigenvalue weighted by Crippen LogP contribution is 2.31. The number of nitrogens with one attached hydrogen (secondary N) is 1. The third-order valence-corrected chi connectivity index (χ3v) is 5.94. The van der Waals surface area contributed by atoms with Crippen molar-refractivity contribution >= 4 is 21.8 Å². The lowest BCUT2D eigenvalue weighted by Gasteiger charge is -2.06. The maximum atomic E-state index is 3.42. The van der Waals surface area contributed by atoms with E-state index >= 15 is 0 Å². The topological polar surface area (TPSA) is 17.0 Å². The molecule has 6 rings (SSSR count). The quantitative estimate of drug-likeness (QED) is 0.290. The van der Waals surface area contributed by atoms with Crippen molar-refractivity contribution in [3.63, 3.8) is 0 Å². The summed E-state index contributed by atoms with van der Waals surface area (Å²) in [4.78, 5) is 0. The molecule has 0 bridgehead atoms. The van der Waals surface area contributed by atoms with Gasteiger partial charge >= 0.3 is 0 Å². The van der Waals surface area contributed by atoms with Crippen LogP contribution in [0.1, 0.15) is 11.1 Å². The van der Waals surface area contributed by atoms with Gasteiger partial charge in [0.2, 0.25) is 0 Å². The Hall–Kier alpha value is -4.14. The van der Waals surface area contributed by atoms with Crippen molar-refractivity contribution < 1.29 is 0 Å². The molecule has 0 aliphatic heterocycles. The number of aromatic nitrogens is 1. The molecule has 0 atom stereocenters. The van der Waals surface area contributed by atoms with Crippen LogP contribution in [0.2, 0.25) is 0 Å². The van der Waals surface area contributed by atoms with Gasteiger partial charge in [0.05, 0.1) is 11.0 Å². The monoisotopic (exact) mass is 440 g/mol. The molecule has 0 fully saturated rings. The molecule has 0 saturated heterocycles. The van der Waals surface area contributed by atoms with Gasteiger partial charge in [-0.15, -0.1) is 0 Å². The van der Waals surface area contributed by atoms with Crippen molar-refractivity contribution in [2.45, 2.75) is 13.1 Å². The van der Waals surface area contributed by atoms with E-state index in [-0.39, 0.29) is 0 Å². The Morgan fingerprint density at radius 3 is 1.26 bits per heavy atom.